The molecule has 1 unspecified atom stereocenters. The molecular formula is C38H56FN5S. The van der Waals surface area contributed by atoms with Crippen LogP contribution < -0.4 is 10.6 Å². The zero-order valence-corrected chi connectivity index (χ0v) is 29.5. The summed E-state index contributed by atoms with van der Waals surface area (Å²) in [5.41, 5.74) is 4.99. The number of anilines is 1. The summed E-state index contributed by atoms with van der Waals surface area (Å²) < 4.78 is 10.3. The highest BCUT2D eigenvalue weighted by molar-refractivity contribution is 7.16. The Hall–Kier alpha value is -3.18. The fraction of sp³-hybridized carbons (Fsp3) is 0.500. The molecule has 7 heteroatoms. The number of thiophene rings is 1. The predicted molar refractivity (Wildman–Crippen MR) is 196 cm³/mol. The number of likely N-dealkylation sites (tertiary alicyclic amines) is 1. The van der Waals surface area contributed by atoms with Crippen LogP contribution in [-0.2, 0) is 13.0 Å². The minimum absolute atomic E-state index is 0.250. The van der Waals surface area contributed by atoms with Gasteiger partial charge >= 0.3 is 0 Å². The molecule has 0 spiro atoms. The number of piperidine rings is 1. The maximum Gasteiger partial charge on any atom is 0.111 e. The standard InChI is InChI=1S/C24H23N3S.C10H22N2.C2H5F.C2H6/c1-4-16(2)27-13-12-21-22(14-25)24(28-23(21)15-27)26-17(3)19-11-7-9-18-8-5-6-10-20(18)19;1-11-7-3-5-10-6-4-8-12(2)9-10;1-2-3;1-2/h5-11,26H,2-4,12-13,15H2,1H3;10-11H,3-9H2,1-2H3;2H2,1H3;1-2H3. The molecule has 2 aliphatic rings. The van der Waals surface area contributed by atoms with Crippen molar-refractivity contribution in [2.24, 2.45) is 5.92 Å². The molecule has 0 saturated carbocycles. The Labute approximate surface area is 276 Å². The fourth-order valence-corrected chi connectivity index (χ4v) is 7.11. The number of nitriles is 1. The van der Waals surface area contributed by atoms with Crippen LogP contribution in [0.5, 0.6) is 0 Å². The molecule has 1 saturated heterocycles. The second-order valence-corrected chi connectivity index (χ2v) is 12.4. The third kappa shape index (κ3) is 11.3. The van der Waals surface area contributed by atoms with Gasteiger partial charge in [0, 0.05) is 34.9 Å². The fourth-order valence-electron chi connectivity index (χ4n) is 5.87. The summed E-state index contributed by atoms with van der Waals surface area (Å²) in [4.78, 5) is 6.04. The smallest absolute Gasteiger partial charge is 0.111 e. The average Bonchev–Trinajstić information content (AvgIpc) is 3.41. The van der Waals surface area contributed by atoms with Crippen LogP contribution >= 0.6 is 11.3 Å². The highest BCUT2D eigenvalue weighted by atomic mass is 32.1. The van der Waals surface area contributed by atoms with Crippen molar-refractivity contribution in [3.8, 4) is 6.07 Å². The van der Waals surface area contributed by atoms with Crippen LogP contribution in [0.4, 0.5) is 9.39 Å². The molecule has 2 N–H and O–H groups in total. The Kier molecular flexibility index (Phi) is 17.5. The Morgan fingerprint density at radius 1 is 1.11 bits per heavy atom. The molecule has 1 fully saturated rings. The summed E-state index contributed by atoms with van der Waals surface area (Å²) in [6, 6.07) is 16.9. The van der Waals surface area contributed by atoms with E-state index in [2.05, 4.69) is 77.9 Å². The van der Waals surface area contributed by atoms with Gasteiger partial charge in [0.1, 0.15) is 11.1 Å². The quantitative estimate of drug-likeness (QED) is 0.230. The number of halogens is 1. The second kappa shape index (κ2) is 20.8. The van der Waals surface area contributed by atoms with E-state index in [1.54, 1.807) is 11.3 Å². The van der Waals surface area contributed by atoms with Crippen LogP contribution in [-0.4, -0.2) is 56.7 Å². The summed E-state index contributed by atoms with van der Waals surface area (Å²) in [6.45, 7) is 21.4. The number of alkyl halides is 1. The number of nitrogens with one attached hydrogen (secondary N) is 2. The van der Waals surface area contributed by atoms with Gasteiger partial charge in [-0.1, -0.05) is 76.4 Å². The summed E-state index contributed by atoms with van der Waals surface area (Å²) >= 11 is 1.67. The Morgan fingerprint density at radius 2 is 1.82 bits per heavy atom. The molecule has 246 valence electrons. The van der Waals surface area contributed by atoms with Gasteiger partial charge in [0.15, 0.2) is 0 Å². The molecule has 45 heavy (non-hydrogen) atoms. The monoisotopic (exact) mass is 633 g/mol. The van der Waals surface area contributed by atoms with E-state index in [-0.39, 0.29) is 6.67 Å². The first-order valence-electron chi connectivity index (χ1n) is 16.7. The molecule has 0 aliphatic carbocycles. The summed E-state index contributed by atoms with van der Waals surface area (Å²) in [5.74, 6) is 0.970. The number of fused-ring (bicyclic) bond motifs is 2. The van der Waals surface area contributed by atoms with Crippen LogP contribution in [0.1, 0.15) is 81.4 Å². The largest absolute Gasteiger partial charge is 0.370 e. The van der Waals surface area contributed by atoms with Gasteiger partial charge in [0.05, 0.1) is 18.8 Å². The van der Waals surface area contributed by atoms with E-state index in [9.17, 15) is 9.65 Å². The van der Waals surface area contributed by atoms with Crippen molar-refractivity contribution in [2.75, 3.05) is 52.3 Å². The molecule has 0 radical (unpaired) electrons. The van der Waals surface area contributed by atoms with Crippen molar-refractivity contribution in [1.29, 1.82) is 5.26 Å². The molecule has 1 atom stereocenters. The third-order valence-electron chi connectivity index (χ3n) is 8.16. The average molecular weight is 634 g/mol. The van der Waals surface area contributed by atoms with Gasteiger partial charge in [-0.05, 0) is 94.9 Å². The maximum atomic E-state index is 10.3. The van der Waals surface area contributed by atoms with Crippen LogP contribution in [0.15, 0.2) is 61.3 Å². The first-order valence-corrected chi connectivity index (χ1v) is 17.5. The molecule has 5 nitrogen and oxygen atoms in total. The van der Waals surface area contributed by atoms with Gasteiger partial charge in [-0.3, -0.25) is 4.39 Å². The van der Waals surface area contributed by atoms with Crippen molar-refractivity contribution in [3.05, 3.63) is 82.9 Å². The molecule has 0 bridgehead atoms. The van der Waals surface area contributed by atoms with E-state index in [4.69, 9.17) is 0 Å². The van der Waals surface area contributed by atoms with Gasteiger partial charge < -0.3 is 20.4 Å². The predicted octanol–water partition coefficient (Wildman–Crippen LogP) is 9.47. The van der Waals surface area contributed by atoms with Crippen molar-refractivity contribution < 1.29 is 4.39 Å². The van der Waals surface area contributed by atoms with E-state index >= 15 is 0 Å². The molecule has 1 aromatic heterocycles. The number of rotatable bonds is 9. The van der Waals surface area contributed by atoms with Crippen molar-refractivity contribution in [1.82, 2.24) is 15.1 Å². The zero-order chi connectivity index (χ0) is 33.2. The lowest BCUT2D eigenvalue weighted by Gasteiger charge is -2.30. The number of allylic oxidation sites excluding steroid dienone is 1. The maximum absolute atomic E-state index is 10.3. The number of nitrogens with zero attached hydrogens (tertiary/aromatic N) is 3. The van der Waals surface area contributed by atoms with E-state index in [1.165, 1.54) is 68.1 Å². The topological polar surface area (TPSA) is 54.3 Å². The first-order chi connectivity index (χ1) is 21.9. The number of hydrogen-bond acceptors (Lipinski definition) is 6. The van der Waals surface area contributed by atoms with E-state index in [1.807, 2.05) is 39.1 Å². The van der Waals surface area contributed by atoms with Crippen LogP contribution in [0.25, 0.3) is 16.5 Å². The lowest BCUT2D eigenvalue weighted by Crippen LogP contribution is -2.32. The van der Waals surface area contributed by atoms with Gasteiger partial charge in [0.2, 0.25) is 0 Å². The van der Waals surface area contributed by atoms with E-state index in [0.717, 1.165) is 64.8 Å². The number of benzene rings is 2. The molecule has 3 heterocycles. The van der Waals surface area contributed by atoms with Crippen molar-refractivity contribution in [3.63, 3.8) is 0 Å². The Bertz CT molecular complexity index is 1370. The normalized spacial score (nSPS) is 15.6. The first kappa shape index (κ1) is 38.0. The van der Waals surface area contributed by atoms with Crippen LogP contribution in [0.3, 0.4) is 0 Å². The summed E-state index contributed by atoms with van der Waals surface area (Å²) in [5, 5.41) is 19.7. The molecule has 5 rings (SSSR count). The molecule has 3 aromatic rings. The molecular weight excluding hydrogens is 578 g/mol. The van der Waals surface area contributed by atoms with Gasteiger partial charge in [0.25, 0.3) is 0 Å². The third-order valence-corrected chi connectivity index (χ3v) is 9.30. The van der Waals surface area contributed by atoms with Gasteiger partial charge in [-0.15, -0.1) is 11.3 Å². The molecule has 2 aromatic carbocycles. The van der Waals surface area contributed by atoms with Crippen LogP contribution in [0.2, 0.25) is 0 Å². The highest BCUT2D eigenvalue weighted by Gasteiger charge is 2.25. The summed E-state index contributed by atoms with van der Waals surface area (Å²) in [7, 11) is 4.28. The lowest BCUT2D eigenvalue weighted by atomic mass is 9.94. The minimum Gasteiger partial charge on any atom is -0.370 e. The number of hydrogen-bond donors (Lipinski definition) is 2. The van der Waals surface area contributed by atoms with E-state index < -0.39 is 0 Å². The molecule has 0 amide bonds. The lowest BCUT2D eigenvalue weighted by molar-refractivity contribution is 0.200. The van der Waals surface area contributed by atoms with Crippen molar-refractivity contribution >= 4 is 32.8 Å². The minimum atomic E-state index is -0.250. The summed E-state index contributed by atoms with van der Waals surface area (Å²) in [6.07, 6.45) is 7.44. The van der Waals surface area contributed by atoms with Gasteiger partial charge in [-0.25, -0.2) is 0 Å². The van der Waals surface area contributed by atoms with Gasteiger partial charge in [-0.2, -0.15) is 5.26 Å². The van der Waals surface area contributed by atoms with Crippen molar-refractivity contribution in [2.45, 2.75) is 72.8 Å². The molecule has 2 aliphatic heterocycles. The second-order valence-electron chi connectivity index (χ2n) is 11.3. The SMILES string of the molecule is C=C(Nc1sc2c(c1C#N)CCN(C(=C)CC)C2)c1cccc2ccccc12.CC.CCF.CNCCCC1CCCN(C)C1. The van der Waals surface area contributed by atoms with Crippen LogP contribution in [0, 0.1) is 17.2 Å². The highest BCUT2D eigenvalue weighted by Crippen LogP contribution is 2.39. The zero-order valence-electron chi connectivity index (χ0n) is 28.6. The van der Waals surface area contributed by atoms with E-state index in [0.29, 0.717) is 0 Å². The Balaban J connectivity index is 0.000000346. The Morgan fingerprint density at radius 3 is 2.49 bits per heavy atom.